The summed E-state index contributed by atoms with van der Waals surface area (Å²) in [5.74, 6) is -1.83. The summed E-state index contributed by atoms with van der Waals surface area (Å²) in [5, 5.41) is 18.4. The summed E-state index contributed by atoms with van der Waals surface area (Å²) in [6, 6.07) is 10.2. The lowest BCUT2D eigenvalue weighted by molar-refractivity contribution is -0.146. The molecule has 2 rings (SSSR count). The zero-order valence-corrected chi connectivity index (χ0v) is 13.8. The highest BCUT2D eigenvalue weighted by atomic mass is 16.4. The molecule has 23 heavy (non-hydrogen) atoms. The molecule has 0 amide bonds. The lowest BCUT2D eigenvalue weighted by Crippen LogP contribution is -2.47. The summed E-state index contributed by atoms with van der Waals surface area (Å²) in [7, 11) is 4.07. The first-order chi connectivity index (χ1) is 10.8. The maximum atomic E-state index is 11.2. The summed E-state index contributed by atoms with van der Waals surface area (Å²) < 4.78 is 0. The number of rotatable bonds is 6. The summed E-state index contributed by atoms with van der Waals surface area (Å²) in [6.07, 6.45) is 2.61. The molecule has 0 spiro atoms. The Bertz CT molecular complexity index is 542. The highest BCUT2D eigenvalue weighted by molar-refractivity contribution is 5.72. The smallest absolute Gasteiger partial charge is 0.303 e. The van der Waals surface area contributed by atoms with Gasteiger partial charge in [0.25, 0.3) is 0 Å². The van der Waals surface area contributed by atoms with Gasteiger partial charge in [-0.15, -0.1) is 0 Å². The predicted molar refractivity (Wildman–Crippen MR) is 87.2 cm³/mol. The number of nitrogens with zero attached hydrogens (tertiary/aromatic N) is 1. The molecule has 5 heteroatoms. The average Bonchev–Trinajstić information content (AvgIpc) is 2.47. The first-order valence-corrected chi connectivity index (χ1v) is 7.96. The fourth-order valence-electron chi connectivity index (χ4n) is 3.99. The Morgan fingerprint density at radius 1 is 0.957 bits per heavy atom. The van der Waals surface area contributed by atoms with E-state index in [0.29, 0.717) is 12.8 Å². The zero-order chi connectivity index (χ0) is 17.1. The van der Waals surface area contributed by atoms with E-state index in [-0.39, 0.29) is 18.4 Å². The van der Waals surface area contributed by atoms with Crippen molar-refractivity contribution >= 4 is 11.9 Å². The number of carboxylic acids is 2. The van der Waals surface area contributed by atoms with E-state index >= 15 is 0 Å². The van der Waals surface area contributed by atoms with Crippen molar-refractivity contribution in [3.63, 3.8) is 0 Å². The second kappa shape index (κ2) is 6.71. The van der Waals surface area contributed by atoms with Crippen molar-refractivity contribution in [1.82, 2.24) is 4.90 Å². The Labute approximate surface area is 136 Å². The van der Waals surface area contributed by atoms with Gasteiger partial charge < -0.3 is 10.2 Å². The second-order valence-corrected chi connectivity index (χ2v) is 6.93. The number of benzene rings is 1. The minimum Gasteiger partial charge on any atom is -0.481 e. The van der Waals surface area contributed by atoms with Crippen LogP contribution in [0.15, 0.2) is 30.3 Å². The van der Waals surface area contributed by atoms with E-state index in [9.17, 15) is 19.8 Å². The molecule has 1 saturated carbocycles. The third-order valence-electron chi connectivity index (χ3n) is 5.36. The molecule has 126 valence electrons. The molecule has 2 N–H and O–H groups in total. The maximum Gasteiger partial charge on any atom is 0.303 e. The summed E-state index contributed by atoms with van der Waals surface area (Å²) in [5.41, 5.74) is 0.428. The van der Waals surface area contributed by atoms with E-state index in [2.05, 4.69) is 17.0 Å². The lowest BCUT2D eigenvalue weighted by Gasteiger charge is -2.49. The van der Waals surface area contributed by atoms with E-state index in [1.807, 2.05) is 32.3 Å². The molecule has 1 fully saturated rings. The predicted octanol–water partition coefficient (Wildman–Crippen LogP) is 2.95. The van der Waals surface area contributed by atoms with E-state index in [4.69, 9.17) is 0 Å². The largest absolute Gasteiger partial charge is 0.481 e. The summed E-state index contributed by atoms with van der Waals surface area (Å²) >= 11 is 0. The summed E-state index contributed by atoms with van der Waals surface area (Å²) in [6.45, 7) is 0. The van der Waals surface area contributed by atoms with Gasteiger partial charge in [-0.05, 0) is 50.8 Å². The Morgan fingerprint density at radius 3 is 1.83 bits per heavy atom. The molecule has 0 radical (unpaired) electrons. The van der Waals surface area contributed by atoms with Gasteiger partial charge in [-0.1, -0.05) is 30.3 Å². The molecule has 1 aliphatic rings. The molecule has 0 aromatic heterocycles. The van der Waals surface area contributed by atoms with Crippen LogP contribution >= 0.6 is 0 Å². The van der Waals surface area contributed by atoms with Crippen molar-refractivity contribution in [1.29, 1.82) is 0 Å². The maximum absolute atomic E-state index is 11.2. The molecule has 5 nitrogen and oxygen atoms in total. The average molecular weight is 319 g/mol. The fraction of sp³-hybridized carbons (Fsp3) is 0.556. The fourth-order valence-corrected chi connectivity index (χ4v) is 3.99. The van der Waals surface area contributed by atoms with Crippen LogP contribution in [0.3, 0.4) is 0 Å². The zero-order valence-electron chi connectivity index (χ0n) is 13.8. The van der Waals surface area contributed by atoms with Crippen LogP contribution < -0.4 is 0 Å². The van der Waals surface area contributed by atoms with E-state index in [1.54, 1.807) is 0 Å². The molecule has 1 aliphatic carbocycles. The van der Waals surface area contributed by atoms with Gasteiger partial charge in [-0.25, -0.2) is 0 Å². The van der Waals surface area contributed by atoms with Gasteiger partial charge in [-0.3, -0.25) is 14.5 Å². The SMILES string of the molecule is CN(C)C1(c2ccccc2)CCC(CC(=O)O)(CC(=O)O)CC1. The topological polar surface area (TPSA) is 77.8 Å². The van der Waals surface area contributed by atoms with Gasteiger partial charge >= 0.3 is 11.9 Å². The number of carbonyl (C=O) groups is 2. The number of carboxylic acid groups (broad SMARTS) is 2. The molecule has 1 aromatic rings. The quantitative estimate of drug-likeness (QED) is 0.843. The molecule has 0 aliphatic heterocycles. The minimum atomic E-state index is -0.914. The van der Waals surface area contributed by atoms with Crippen LogP contribution in [-0.2, 0) is 15.1 Å². The van der Waals surface area contributed by atoms with Crippen LogP contribution in [0.1, 0.15) is 44.1 Å². The summed E-state index contributed by atoms with van der Waals surface area (Å²) in [4.78, 5) is 24.6. The molecule has 0 unspecified atom stereocenters. The third-order valence-corrected chi connectivity index (χ3v) is 5.36. The highest BCUT2D eigenvalue weighted by Crippen LogP contribution is 2.51. The van der Waals surface area contributed by atoms with Crippen LogP contribution in [-0.4, -0.2) is 41.1 Å². The van der Waals surface area contributed by atoms with E-state index < -0.39 is 17.4 Å². The third kappa shape index (κ3) is 3.72. The van der Waals surface area contributed by atoms with Crippen LogP contribution in [0.4, 0.5) is 0 Å². The van der Waals surface area contributed by atoms with Gasteiger partial charge in [0.1, 0.15) is 0 Å². The van der Waals surface area contributed by atoms with Crippen molar-refractivity contribution in [2.45, 2.75) is 44.1 Å². The van der Waals surface area contributed by atoms with Crippen molar-refractivity contribution in [3.05, 3.63) is 35.9 Å². The Balaban J connectivity index is 2.27. The first kappa shape index (κ1) is 17.5. The Hall–Kier alpha value is -1.88. The van der Waals surface area contributed by atoms with Crippen molar-refractivity contribution < 1.29 is 19.8 Å². The number of hydrogen-bond acceptors (Lipinski definition) is 3. The number of hydrogen-bond donors (Lipinski definition) is 2. The van der Waals surface area contributed by atoms with Crippen LogP contribution in [0.5, 0.6) is 0 Å². The van der Waals surface area contributed by atoms with E-state index in [0.717, 1.165) is 12.8 Å². The molecule has 0 heterocycles. The van der Waals surface area contributed by atoms with Gasteiger partial charge in [0.15, 0.2) is 0 Å². The van der Waals surface area contributed by atoms with Crippen molar-refractivity contribution in [3.8, 4) is 0 Å². The monoisotopic (exact) mass is 319 g/mol. The van der Waals surface area contributed by atoms with Gasteiger partial charge in [-0.2, -0.15) is 0 Å². The van der Waals surface area contributed by atoms with Crippen LogP contribution in [0, 0.1) is 5.41 Å². The molecule has 0 bridgehead atoms. The minimum absolute atomic E-state index is 0.0718. The van der Waals surface area contributed by atoms with Gasteiger partial charge in [0.05, 0.1) is 12.8 Å². The molecule has 0 saturated heterocycles. The lowest BCUT2D eigenvalue weighted by atomic mass is 9.62. The standard InChI is InChI=1S/C18H25NO4/c1-19(2)18(14-6-4-3-5-7-14)10-8-17(9-11-18,12-15(20)21)13-16(22)23/h3-7H,8-13H2,1-2H3,(H,20,21)(H,22,23). The first-order valence-electron chi connectivity index (χ1n) is 7.96. The Kier molecular flexibility index (Phi) is 5.09. The van der Waals surface area contributed by atoms with Crippen LogP contribution in [0.2, 0.25) is 0 Å². The van der Waals surface area contributed by atoms with Crippen LogP contribution in [0.25, 0.3) is 0 Å². The number of aliphatic carboxylic acids is 2. The van der Waals surface area contributed by atoms with Crippen molar-refractivity contribution in [2.75, 3.05) is 14.1 Å². The molecule has 1 aromatic carbocycles. The normalized spacial score (nSPS) is 19.4. The van der Waals surface area contributed by atoms with Crippen molar-refractivity contribution in [2.24, 2.45) is 5.41 Å². The van der Waals surface area contributed by atoms with Gasteiger partial charge in [0.2, 0.25) is 0 Å². The molecular formula is C18H25NO4. The van der Waals surface area contributed by atoms with Gasteiger partial charge in [0, 0.05) is 5.54 Å². The Morgan fingerprint density at radius 2 is 1.43 bits per heavy atom. The second-order valence-electron chi connectivity index (χ2n) is 6.93. The molecule has 0 atom stereocenters. The van der Waals surface area contributed by atoms with E-state index in [1.165, 1.54) is 5.56 Å². The highest BCUT2D eigenvalue weighted by Gasteiger charge is 2.46. The molecular weight excluding hydrogens is 294 g/mol.